The molecule has 4 rings (SSSR count). The summed E-state index contributed by atoms with van der Waals surface area (Å²) in [4.78, 5) is 29.1. The van der Waals surface area contributed by atoms with E-state index in [1.165, 1.54) is 10.7 Å². The van der Waals surface area contributed by atoms with Crippen LogP contribution in [0.5, 0.6) is 5.75 Å². The summed E-state index contributed by atoms with van der Waals surface area (Å²) in [5.41, 5.74) is 2.57. The second-order valence-electron chi connectivity index (χ2n) is 7.59. The lowest BCUT2D eigenvalue weighted by Crippen LogP contribution is -2.50. The molecule has 1 amide bonds. The van der Waals surface area contributed by atoms with Crippen molar-refractivity contribution >= 4 is 11.6 Å². The van der Waals surface area contributed by atoms with Gasteiger partial charge in [-0.1, -0.05) is 0 Å². The molecular weight excluding hydrogens is 396 g/mol. The Bertz CT molecular complexity index is 1130. The van der Waals surface area contributed by atoms with Crippen LogP contribution in [0.1, 0.15) is 11.4 Å². The molecule has 0 saturated carbocycles. The number of methoxy groups -OCH3 is 1. The molecule has 0 bridgehead atoms. The lowest BCUT2D eigenvalue weighted by Gasteiger charge is -2.36. The van der Waals surface area contributed by atoms with Gasteiger partial charge >= 0.3 is 0 Å². The van der Waals surface area contributed by atoms with Crippen LogP contribution in [0.25, 0.3) is 5.82 Å². The molecular formula is C22H26N6O3. The number of rotatable bonds is 5. The van der Waals surface area contributed by atoms with E-state index >= 15 is 0 Å². The average molecular weight is 422 g/mol. The molecule has 0 N–H and O–H groups in total. The van der Waals surface area contributed by atoms with Crippen LogP contribution >= 0.6 is 0 Å². The Kier molecular flexibility index (Phi) is 5.75. The molecule has 9 nitrogen and oxygen atoms in total. The van der Waals surface area contributed by atoms with E-state index < -0.39 is 0 Å². The third-order valence-electron chi connectivity index (χ3n) is 5.43. The zero-order valence-electron chi connectivity index (χ0n) is 18.0. The van der Waals surface area contributed by atoms with Gasteiger partial charge in [0.2, 0.25) is 5.91 Å². The van der Waals surface area contributed by atoms with Crippen molar-refractivity contribution in [3.05, 3.63) is 64.2 Å². The van der Waals surface area contributed by atoms with Gasteiger partial charge in [0, 0.05) is 43.6 Å². The predicted molar refractivity (Wildman–Crippen MR) is 117 cm³/mol. The summed E-state index contributed by atoms with van der Waals surface area (Å²) in [6.07, 6.45) is 0. The van der Waals surface area contributed by atoms with E-state index in [1.54, 1.807) is 22.8 Å². The van der Waals surface area contributed by atoms with Crippen LogP contribution in [-0.4, -0.2) is 63.7 Å². The number of benzene rings is 1. The molecule has 0 spiro atoms. The fourth-order valence-corrected chi connectivity index (χ4v) is 3.76. The molecule has 3 aromatic rings. The monoisotopic (exact) mass is 422 g/mol. The van der Waals surface area contributed by atoms with Crippen molar-refractivity contribution < 1.29 is 9.53 Å². The SMILES string of the molecule is COc1ccc(N2CCN(C(=O)Cn3nc(-n4nc(C)cc4C)ccc3=O)CC2)cc1. The van der Waals surface area contributed by atoms with Crippen molar-refractivity contribution in [1.29, 1.82) is 0 Å². The van der Waals surface area contributed by atoms with E-state index in [4.69, 9.17) is 4.74 Å². The zero-order chi connectivity index (χ0) is 22.0. The summed E-state index contributed by atoms with van der Waals surface area (Å²) in [5.74, 6) is 1.22. The van der Waals surface area contributed by atoms with E-state index in [1.807, 2.05) is 44.2 Å². The molecule has 3 heterocycles. The molecule has 0 atom stereocenters. The van der Waals surface area contributed by atoms with Crippen LogP contribution in [0.3, 0.4) is 0 Å². The van der Waals surface area contributed by atoms with E-state index in [0.29, 0.717) is 18.9 Å². The molecule has 0 unspecified atom stereocenters. The molecule has 2 aromatic heterocycles. The fraction of sp³-hybridized carbons (Fsp3) is 0.364. The maximum absolute atomic E-state index is 12.8. The summed E-state index contributed by atoms with van der Waals surface area (Å²) in [6.45, 7) is 6.37. The first kappa shape index (κ1) is 20.6. The number of hydrogen-bond acceptors (Lipinski definition) is 6. The first-order valence-corrected chi connectivity index (χ1v) is 10.2. The second-order valence-corrected chi connectivity index (χ2v) is 7.59. The van der Waals surface area contributed by atoms with Gasteiger partial charge in [0.05, 0.1) is 12.8 Å². The van der Waals surface area contributed by atoms with Gasteiger partial charge in [-0.15, -0.1) is 5.10 Å². The van der Waals surface area contributed by atoms with Gasteiger partial charge in [-0.05, 0) is 50.2 Å². The second kappa shape index (κ2) is 8.63. The number of anilines is 1. The van der Waals surface area contributed by atoms with E-state index in [2.05, 4.69) is 15.1 Å². The number of piperazine rings is 1. The number of hydrogen-bond donors (Lipinski definition) is 0. The Morgan fingerprint density at radius 3 is 2.32 bits per heavy atom. The lowest BCUT2D eigenvalue weighted by molar-refractivity contribution is -0.132. The Morgan fingerprint density at radius 2 is 1.71 bits per heavy atom. The van der Waals surface area contributed by atoms with Crippen LogP contribution in [0, 0.1) is 13.8 Å². The topological polar surface area (TPSA) is 85.5 Å². The van der Waals surface area contributed by atoms with E-state index in [0.717, 1.165) is 35.9 Å². The third kappa shape index (κ3) is 4.45. The Balaban J connectivity index is 1.41. The summed E-state index contributed by atoms with van der Waals surface area (Å²) in [7, 11) is 1.65. The number of aromatic nitrogens is 4. The summed E-state index contributed by atoms with van der Waals surface area (Å²) in [6, 6.07) is 12.9. The molecule has 162 valence electrons. The number of carbonyl (C=O) groups excluding carboxylic acids is 1. The van der Waals surface area contributed by atoms with Gasteiger partial charge in [-0.3, -0.25) is 9.59 Å². The van der Waals surface area contributed by atoms with Gasteiger partial charge in [-0.2, -0.15) is 5.10 Å². The highest BCUT2D eigenvalue weighted by Crippen LogP contribution is 2.20. The molecule has 1 aromatic carbocycles. The molecule has 0 radical (unpaired) electrons. The molecule has 1 aliphatic heterocycles. The molecule has 1 saturated heterocycles. The number of amides is 1. The van der Waals surface area contributed by atoms with Gasteiger partial charge in [0.1, 0.15) is 12.3 Å². The lowest BCUT2D eigenvalue weighted by atomic mass is 10.2. The molecule has 9 heteroatoms. The van der Waals surface area contributed by atoms with Crippen LogP contribution in [0.2, 0.25) is 0 Å². The van der Waals surface area contributed by atoms with Crippen LogP contribution in [0.15, 0.2) is 47.3 Å². The quantitative estimate of drug-likeness (QED) is 0.618. The third-order valence-corrected chi connectivity index (χ3v) is 5.43. The van der Waals surface area contributed by atoms with Gasteiger partial charge in [0.25, 0.3) is 5.56 Å². The Labute approximate surface area is 180 Å². The van der Waals surface area contributed by atoms with Crippen molar-refractivity contribution in [1.82, 2.24) is 24.5 Å². The number of nitrogens with zero attached hydrogens (tertiary/aromatic N) is 6. The molecule has 31 heavy (non-hydrogen) atoms. The minimum atomic E-state index is -0.310. The summed E-state index contributed by atoms with van der Waals surface area (Å²) in [5, 5.41) is 8.76. The van der Waals surface area contributed by atoms with Crippen LogP contribution < -0.4 is 15.2 Å². The van der Waals surface area contributed by atoms with Gasteiger partial charge in [-0.25, -0.2) is 9.36 Å². The van der Waals surface area contributed by atoms with Crippen molar-refractivity contribution in [3.8, 4) is 11.6 Å². The largest absolute Gasteiger partial charge is 0.497 e. The maximum atomic E-state index is 12.8. The normalized spacial score (nSPS) is 14.0. The highest BCUT2D eigenvalue weighted by atomic mass is 16.5. The molecule has 1 aliphatic rings. The smallest absolute Gasteiger partial charge is 0.267 e. The van der Waals surface area contributed by atoms with Crippen molar-refractivity contribution in [2.24, 2.45) is 0 Å². The predicted octanol–water partition coefficient (Wildman–Crippen LogP) is 1.40. The molecule has 0 aliphatic carbocycles. The Hall–Kier alpha value is -3.62. The highest BCUT2D eigenvalue weighted by Gasteiger charge is 2.22. The van der Waals surface area contributed by atoms with Crippen molar-refractivity contribution in [3.63, 3.8) is 0 Å². The van der Waals surface area contributed by atoms with Gasteiger partial charge in [0.15, 0.2) is 5.82 Å². The minimum Gasteiger partial charge on any atom is -0.497 e. The minimum absolute atomic E-state index is 0.0888. The number of ether oxygens (including phenoxy) is 1. The van der Waals surface area contributed by atoms with Crippen molar-refractivity contribution in [2.75, 3.05) is 38.2 Å². The fourth-order valence-electron chi connectivity index (χ4n) is 3.76. The van der Waals surface area contributed by atoms with Crippen LogP contribution in [-0.2, 0) is 11.3 Å². The maximum Gasteiger partial charge on any atom is 0.267 e. The summed E-state index contributed by atoms with van der Waals surface area (Å²) < 4.78 is 8.09. The number of carbonyl (C=O) groups is 1. The van der Waals surface area contributed by atoms with Crippen LogP contribution in [0.4, 0.5) is 5.69 Å². The van der Waals surface area contributed by atoms with Crippen molar-refractivity contribution in [2.45, 2.75) is 20.4 Å². The highest BCUT2D eigenvalue weighted by molar-refractivity contribution is 5.76. The molecule has 1 fully saturated rings. The average Bonchev–Trinajstić information content (AvgIpc) is 3.13. The standard InChI is InChI=1S/C22H26N6O3/c1-16-14-17(2)28(23-16)20-8-9-21(29)27(24-20)15-22(30)26-12-10-25(11-13-26)18-4-6-19(31-3)7-5-18/h4-9,14H,10-13,15H2,1-3H3. The summed E-state index contributed by atoms with van der Waals surface area (Å²) >= 11 is 0. The Morgan fingerprint density at radius 1 is 1.00 bits per heavy atom. The van der Waals surface area contributed by atoms with E-state index in [9.17, 15) is 9.59 Å². The number of aryl methyl sites for hydroxylation is 2. The van der Waals surface area contributed by atoms with Gasteiger partial charge < -0.3 is 14.5 Å². The van der Waals surface area contributed by atoms with E-state index in [-0.39, 0.29) is 18.0 Å². The first-order valence-electron chi connectivity index (χ1n) is 10.2. The first-order chi connectivity index (χ1) is 14.9. The zero-order valence-corrected chi connectivity index (χ0v) is 18.0.